The van der Waals surface area contributed by atoms with Crippen LogP contribution in [-0.2, 0) is 4.79 Å². The summed E-state index contributed by atoms with van der Waals surface area (Å²) in [5.41, 5.74) is 0.0256. The molecule has 60 valence electrons. The number of alkyl halides is 1. The van der Waals surface area contributed by atoms with Crippen molar-refractivity contribution in [1.82, 2.24) is 0 Å². The molecule has 2 nitrogen and oxygen atoms in total. The first-order valence-electron chi connectivity index (χ1n) is 3.01. The van der Waals surface area contributed by atoms with Gasteiger partial charge in [0.15, 0.2) is 0 Å². The van der Waals surface area contributed by atoms with Crippen LogP contribution in [0.5, 0.6) is 0 Å². The number of hydrogen-bond acceptors (Lipinski definition) is 1. The highest BCUT2D eigenvalue weighted by Gasteiger charge is 1.99. The van der Waals surface area contributed by atoms with E-state index in [9.17, 15) is 9.18 Å². The van der Waals surface area contributed by atoms with Crippen LogP contribution in [0.4, 0.5) is 4.39 Å². The molecular weight excluding hydrogens is 147 g/mol. The van der Waals surface area contributed by atoms with Gasteiger partial charge in [0.25, 0.3) is 0 Å². The van der Waals surface area contributed by atoms with Crippen LogP contribution in [0.25, 0.3) is 0 Å². The van der Waals surface area contributed by atoms with Crippen molar-refractivity contribution in [2.45, 2.75) is 0 Å². The molecule has 1 N–H and O–H groups in total. The molecule has 0 saturated carbocycles. The number of rotatable bonds is 4. The van der Waals surface area contributed by atoms with Gasteiger partial charge in [-0.1, -0.05) is 18.7 Å². The molecular formula is C8H9FO2. The molecule has 0 heterocycles. The lowest BCUT2D eigenvalue weighted by Crippen LogP contribution is -1.96. The molecule has 0 radical (unpaired) electrons. The zero-order valence-electron chi connectivity index (χ0n) is 5.96. The molecule has 0 aliphatic rings. The number of allylic oxidation sites excluding steroid dienone is 3. The normalized spacial score (nSPS) is 11.9. The molecule has 0 atom stereocenters. The summed E-state index contributed by atoms with van der Waals surface area (Å²) >= 11 is 0. The smallest absolute Gasteiger partial charge is 0.335 e. The highest BCUT2D eigenvalue weighted by molar-refractivity contribution is 5.90. The molecule has 0 spiro atoms. The van der Waals surface area contributed by atoms with E-state index in [2.05, 4.69) is 6.58 Å². The Balaban J connectivity index is 4.35. The van der Waals surface area contributed by atoms with Gasteiger partial charge >= 0.3 is 5.97 Å². The van der Waals surface area contributed by atoms with Crippen LogP contribution in [0.2, 0.25) is 0 Å². The van der Waals surface area contributed by atoms with Crippen LogP contribution in [0.3, 0.4) is 0 Å². The third kappa shape index (κ3) is 4.08. The third-order valence-electron chi connectivity index (χ3n) is 0.931. The molecule has 0 rings (SSSR count). The standard InChI is InChI=1S/C8H9FO2/c1-2-4-7(8(10)11)5-3-6-9/h2-5H,1,6H2,(H,10,11)/b5-3-,7-4+. The SMILES string of the molecule is C=C/C=C(\C=C/CF)C(=O)O. The van der Waals surface area contributed by atoms with Gasteiger partial charge in [0.05, 0.1) is 5.57 Å². The average molecular weight is 156 g/mol. The first kappa shape index (κ1) is 9.62. The van der Waals surface area contributed by atoms with E-state index >= 15 is 0 Å². The Bertz CT molecular complexity index is 204. The van der Waals surface area contributed by atoms with E-state index in [1.807, 2.05) is 0 Å². The highest BCUT2D eigenvalue weighted by atomic mass is 19.1. The molecule has 11 heavy (non-hydrogen) atoms. The molecule has 0 bridgehead atoms. The first-order chi connectivity index (χ1) is 5.22. The molecule has 0 aliphatic carbocycles. The fraction of sp³-hybridized carbons (Fsp3) is 0.125. The van der Waals surface area contributed by atoms with Crippen LogP contribution in [0.1, 0.15) is 0 Å². The van der Waals surface area contributed by atoms with Crippen LogP contribution in [-0.4, -0.2) is 17.8 Å². The minimum atomic E-state index is -1.09. The summed E-state index contributed by atoms with van der Waals surface area (Å²) in [7, 11) is 0. The zero-order chi connectivity index (χ0) is 8.69. The Kier molecular flexibility index (Phi) is 4.73. The van der Waals surface area contributed by atoms with Crippen molar-refractivity contribution in [3.8, 4) is 0 Å². The summed E-state index contributed by atoms with van der Waals surface area (Å²) in [4.78, 5) is 10.3. The Hall–Kier alpha value is -1.38. The number of halogens is 1. The van der Waals surface area contributed by atoms with Gasteiger partial charge in [0.1, 0.15) is 6.67 Å². The Morgan fingerprint density at radius 2 is 2.27 bits per heavy atom. The van der Waals surface area contributed by atoms with Gasteiger partial charge in [-0.15, -0.1) is 0 Å². The number of aliphatic carboxylic acids is 1. The first-order valence-corrected chi connectivity index (χ1v) is 3.01. The van der Waals surface area contributed by atoms with Gasteiger partial charge < -0.3 is 5.11 Å². The number of carboxylic acids is 1. The lowest BCUT2D eigenvalue weighted by Gasteiger charge is -1.89. The Morgan fingerprint density at radius 3 is 2.64 bits per heavy atom. The van der Waals surface area contributed by atoms with Crippen molar-refractivity contribution in [1.29, 1.82) is 0 Å². The summed E-state index contributed by atoms with van der Waals surface area (Å²) in [6, 6.07) is 0. The van der Waals surface area contributed by atoms with Gasteiger partial charge in [-0.3, -0.25) is 0 Å². The van der Waals surface area contributed by atoms with Gasteiger partial charge in [0.2, 0.25) is 0 Å². The van der Waals surface area contributed by atoms with E-state index < -0.39 is 12.6 Å². The summed E-state index contributed by atoms with van der Waals surface area (Å²) in [6.45, 7) is 2.66. The fourth-order valence-electron chi connectivity index (χ4n) is 0.497. The van der Waals surface area contributed by atoms with E-state index in [0.29, 0.717) is 0 Å². The lowest BCUT2D eigenvalue weighted by molar-refractivity contribution is -0.132. The lowest BCUT2D eigenvalue weighted by atomic mass is 10.2. The molecule has 0 unspecified atom stereocenters. The molecule has 0 aliphatic heterocycles. The van der Waals surface area contributed by atoms with Crippen molar-refractivity contribution in [2.24, 2.45) is 0 Å². The largest absolute Gasteiger partial charge is 0.478 e. The Labute approximate surface area is 64.3 Å². The summed E-state index contributed by atoms with van der Waals surface area (Å²) in [5, 5.41) is 8.44. The predicted octanol–water partition coefficient (Wildman–Crippen LogP) is 1.71. The molecule has 0 amide bonds. The van der Waals surface area contributed by atoms with Crippen molar-refractivity contribution < 1.29 is 14.3 Å². The van der Waals surface area contributed by atoms with Crippen LogP contribution >= 0.6 is 0 Å². The van der Waals surface area contributed by atoms with E-state index in [-0.39, 0.29) is 5.57 Å². The number of hydrogen-bond donors (Lipinski definition) is 1. The summed E-state index contributed by atoms with van der Waals surface area (Å²) in [5.74, 6) is -1.09. The second-order valence-electron chi connectivity index (χ2n) is 1.72. The van der Waals surface area contributed by atoms with Crippen LogP contribution < -0.4 is 0 Å². The Morgan fingerprint density at radius 1 is 1.64 bits per heavy atom. The van der Waals surface area contributed by atoms with Gasteiger partial charge in [-0.2, -0.15) is 0 Å². The third-order valence-corrected chi connectivity index (χ3v) is 0.931. The number of carboxylic acid groups (broad SMARTS) is 1. The van der Waals surface area contributed by atoms with E-state index in [0.717, 1.165) is 6.08 Å². The predicted molar refractivity (Wildman–Crippen MR) is 41.0 cm³/mol. The van der Waals surface area contributed by atoms with E-state index in [4.69, 9.17) is 5.11 Å². The van der Waals surface area contributed by atoms with Crippen molar-refractivity contribution >= 4 is 5.97 Å². The quantitative estimate of drug-likeness (QED) is 0.497. The van der Waals surface area contributed by atoms with Gasteiger partial charge in [0, 0.05) is 0 Å². The average Bonchev–Trinajstić information content (AvgIpc) is 1.97. The summed E-state index contributed by atoms with van der Waals surface area (Å²) in [6.07, 6.45) is 4.97. The van der Waals surface area contributed by atoms with Gasteiger partial charge in [-0.05, 0) is 12.2 Å². The van der Waals surface area contributed by atoms with Crippen molar-refractivity contribution in [3.63, 3.8) is 0 Å². The second-order valence-corrected chi connectivity index (χ2v) is 1.72. The molecule has 0 fully saturated rings. The minimum Gasteiger partial charge on any atom is -0.478 e. The molecule has 3 heteroatoms. The fourth-order valence-corrected chi connectivity index (χ4v) is 0.497. The van der Waals surface area contributed by atoms with E-state index in [1.165, 1.54) is 18.2 Å². The van der Waals surface area contributed by atoms with Gasteiger partial charge in [-0.25, -0.2) is 9.18 Å². The highest BCUT2D eigenvalue weighted by Crippen LogP contribution is 1.97. The number of carbonyl (C=O) groups is 1. The maximum atomic E-state index is 11.5. The maximum Gasteiger partial charge on any atom is 0.335 e. The molecule has 0 aromatic carbocycles. The van der Waals surface area contributed by atoms with Crippen LogP contribution in [0, 0.1) is 0 Å². The van der Waals surface area contributed by atoms with Crippen molar-refractivity contribution in [3.05, 3.63) is 36.5 Å². The monoisotopic (exact) mass is 156 g/mol. The van der Waals surface area contributed by atoms with Crippen molar-refractivity contribution in [2.75, 3.05) is 6.67 Å². The topological polar surface area (TPSA) is 37.3 Å². The molecule has 0 saturated heterocycles. The zero-order valence-corrected chi connectivity index (χ0v) is 5.96. The second kappa shape index (κ2) is 5.41. The van der Waals surface area contributed by atoms with E-state index in [1.54, 1.807) is 0 Å². The molecule has 0 aromatic rings. The minimum absolute atomic E-state index is 0.0256. The maximum absolute atomic E-state index is 11.5. The summed E-state index contributed by atoms with van der Waals surface area (Å²) < 4.78 is 11.5. The molecule has 0 aromatic heterocycles. The van der Waals surface area contributed by atoms with Crippen LogP contribution in [0.15, 0.2) is 36.5 Å².